The SMILES string of the molecule is O=C(O)c1cccc2c1CCN(CC1CCCOC1)C2. The van der Waals surface area contributed by atoms with Crippen molar-refractivity contribution in [2.24, 2.45) is 5.92 Å². The summed E-state index contributed by atoms with van der Waals surface area (Å²) in [6, 6.07) is 5.63. The van der Waals surface area contributed by atoms with Gasteiger partial charge in [0.05, 0.1) is 12.2 Å². The summed E-state index contributed by atoms with van der Waals surface area (Å²) in [5.41, 5.74) is 2.67. The number of carboxylic acid groups (broad SMARTS) is 1. The Hall–Kier alpha value is -1.39. The van der Waals surface area contributed by atoms with Gasteiger partial charge < -0.3 is 9.84 Å². The summed E-state index contributed by atoms with van der Waals surface area (Å²) < 4.78 is 5.54. The molecule has 0 saturated carbocycles. The maximum Gasteiger partial charge on any atom is 0.335 e. The van der Waals surface area contributed by atoms with Crippen LogP contribution in [0.4, 0.5) is 0 Å². The average Bonchev–Trinajstić information content (AvgIpc) is 2.47. The van der Waals surface area contributed by atoms with Gasteiger partial charge in [-0.3, -0.25) is 4.90 Å². The Morgan fingerprint density at radius 1 is 1.45 bits per heavy atom. The number of benzene rings is 1. The fraction of sp³-hybridized carbons (Fsp3) is 0.562. The molecule has 0 aliphatic carbocycles. The first-order chi connectivity index (χ1) is 9.74. The van der Waals surface area contributed by atoms with Crippen molar-refractivity contribution in [2.75, 3.05) is 26.3 Å². The lowest BCUT2D eigenvalue weighted by molar-refractivity contribution is 0.0363. The van der Waals surface area contributed by atoms with Gasteiger partial charge in [0, 0.05) is 26.2 Å². The summed E-state index contributed by atoms with van der Waals surface area (Å²) >= 11 is 0. The van der Waals surface area contributed by atoms with Crippen molar-refractivity contribution in [3.63, 3.8) is 0 Å². The number of fused-ring (bicyclic) bond motifs is 1. The van der Waals surface area contributed by atoms with Crippen LogP contribution in [0.25, 0.3) is 0 Å². The Labute approximate surface area is 119 Å². The van der Waals surface area contributed by atoms with Gasteiger partial charge >= 0.3 is 5.97 Å². The predicted octanol–water partition coefficient (Wildman–Crippen LogP) is 2.17. The third-order valence-electron chi connectivity index (χ3n) is 4.35. The lowest BCUT2D eigenvalue weighted by Gasteiger charge is -2.33. The summed E-state index contributed by atoms with van der Waals surface area (Å²) in [6.45, 7) is 4.66. The normalized spacial score (nSPS) is 23.3. The highest BCUT2D eigenvalue weighted by atomic mass is 16.5. The maximum absolute atomic E-state index is 11.2. The third kappa shape index (κ3) is 2.86. The molecule has 0 radical (unpaired) electrons. The van der Waals surface area contributed by atoms with Gasteiger partial charge in [-0.1, -0.05) is 12.1 Å². The zero-order valence-corrected chi connectivity index (χ0v) is 11.7. The van der Waals surface area contributed by atoms with E-state index in [2.05, 4.69) is 11.0 Å². The van der Waals surface area contributed by atoms with Crippen LogP contribution in [0.5, 0.6) is 0 Å². The quantitative estimate of drug-likeness (QED) is 0.918. The van der Waals surface area contributed by atoms with Gasteiger partial charge in [-0.05, 0) is 42.4 Å². The highest BCUT2D eigenvalue weighted by Gasteiger charge is 2.24. The number of rotatable bonds is 3. The first-order valence-electron chi connectivity index (χ1n) is 7.38. The molecule has 1 N–H and O–H groups in total. The van der Waals surface area contributed by atoms with Gasteiger partial charge in [-0.25, -0.2) is 4.79 Å². The van der Waals surface area contributed by atoms with E-state index in [1.807, 2.05) is 6.07 Å². The van der Waals surface area contributed by atoms with Crippen molar-refractivity contribution in [3.05, 3.63) is 34.9 Å². The predicted molar refractivity (Wildman–Crippen MR) is 75.9 cm³/mol. The van der Waals surface area contributed by atoms with Crippen molar-refractivity contribution in [3.8, 4) is 0 Å². The Kier molecular flexibility index (Phi) is 4.03. The molecule has 0 amide bonds. The van der Waals surface area contributed by atoms with E-state index >= 15 is 0 Å². The van der Waals surface area contributed by atoms with Crippen LogP contribution >= 0.6 is 0 Å². The van der Waals surface area contributed by atoms with Crippen molar-refractivity contribution in [1.29, 1.82) is 0 Å². The Morgan fingerprint density at radius 3 is 3.10 bits per heavy atom. The minimum atomic E-state index is -0.809. The molecular formula is C16H21NO3. The van der Waals surface area contributed by atoms with Gasteiger partial charge in [0.2, 0.25) is 0 Å². The van der Waals surface area contributed by atoms with Gasteiger partial charge in [0.25, 0.3) is 0 Å². The zero-order chi connectivity index (χ0) is 13.9. The second kappa shape index (κ2) is 5.94. The van der Waals surface area contributed by atoms with Gasteiger partial charge in [-0.2, -0.15) is 0 Å². The molecule has 1 saturated heterocycles. The molecule has 4 heteroatoms. The number of carbonyl (C=O) groups is 1. The van der Waals surface area contributed by atoms with E-state index < -0.39 is 5.97 Å². The van der Waals surface area contributed by atoms with Crippen LogP contribution in [0.1, 0.15) is 34.3 Å². The second-order valence-corrected chi connectivity index (χ2v) is 5.82. The number of nitrogens with zero attached hydrogens (tertiary/aromatic N) is 1. The van der Waals surface area contributed by atoms with E-state index in [9.17, 15) is 9.90 Å². The number of aromatic carboxylic acids is 1. The molecule has 4 nitrogen and oxygen atoms in total. The summed E-state index contributed by atoms with van der Waals surface area (Å²) in [4.78, 5) is 13.7. The van der Waals surface area contributed by atoms with E-state index in [-0.39, 0.29) is 0 Å². The molecule has 1 aromatic rings. The minimum Gasteiger partial charge on any atom is -0.478 e. The first-order valence-corrected chi connectivity index (χ1v) is 7.38. The fourth-order valence-electron chi connectivity index (χ4n) is 3.34. The van der Waals surface area contributed by atoms with Crippen molar-refractivity contribution < 1.29 is 14.6 Å². The van der Waals surface area contributed by atoms with Crippen LogP contribution in [0.15, 0.2) is 18.2 Å². The maximum atomic E-state index is 11.2. The van der Waals surface area contributed by atoms with Crippen LogP contribution in [-0.2, 0) is 17.7 Å². The zero-order valence-electron chi connectivity index (χ0n) is 11.7. The summed E-state index contributed by atoms with van der Waals surface area (Å²) in [6.07, 6.45) is 3.25. The van der Waals surface area contributed by atoms with E-state index in [1.54, 1.807) is 6.07 Å². The summed E-state index contributed by atoms with van der Waals surface area (Å²) in [5, 5.41) is 9.24. The molecule has 2 aliphatic rings. The largest absolute Gasteiger partial charge is 0.478 e. The summed E-state index contributed by atoms with van der Waals surface area (Å²) in [5.74, 6) is -0.177. The Balaban J connectivity index is 1.69. The van der Waals surface area contributed by atoms with Crippen LogP contribution in [0, 0.1) is 5.92 Å². The molecule has 2 aliphatic heterocycles. The average molecular weight is 275 g/mol. The topological polar surface area (TPSA) is 49.8 Å². The monoisotopic (exact) mass is 275 g/mol. The molecule has 1 fully saturated rings. The van der Waals surface area contributed by atoms with Crippen molar-refractivity contribution in [2.45, 2.75) is 25.8 Å². The van der Waals surface area contributed by atoms with Crippen LogP contribution in [0.2, 0.25) is 0 Å². The molecular weight excluding hydrogens is 254 g/mol. The highest BCUT2D eigenvalue weighted by molar-refractivity contribution is 5.89. The molecule has 3 rings (SSSR count). The van der Waals surface area contributed by atoms with E-state index in [4.69, 9.17) is 4.74 Å². The lowest BCUT2D eigenvalue weighted by Crippen LogP contribution is -2.37. The summed E-state index contributed by atoms with van der Waals surface area (Å²) in [7, 11) is 0. The fourth-order valence-corrected chi connectivity index (χ4v) is 3.34. The molecule has 1 unspecified atom stereocenters. The number of hydrogen-bond donors (Lipinski definition) is 1. The van der Waals surface area contributed by atoms with Gasteiger partial charge in [0.1, 0.15) is 0 Å². The Bertz CT molecular complexity index is 494. The molecule has 108 valence electrons. The standard InChI is InChI=1S/C16H21NO3/c18-16(19)15-5-1-4-13-10-17(7-6-14(13)15)9-12-3-2-8-20-11-12/h1,4-5,12H,2-3,6-11H2,(H,18,19). The molecule has 0 aromatic heterocycles. The smallest absolute Gasteiger partial charge is 0.335 e. The van der Waals surface area contributed by atoms with E-state index in [0.717, 1.165) is 51.3 Å². The molecule has 0 spiro atoms. The Morgan fingerprint density at radius 2 is 2.35 bits per heavy atom. The van der Waals surface area contributed by atoms with E-state index in [0.29, 0.717) is 11.5 Å². The molecule has 1 aromatic carbocycles. The van der Waals surface area contributed by atoms with Crippen molar-refractivity contribution >= 4 is 5.97 Å². The highest BCUT2D eigenvalue weighted by Crippen LogP contribution is 2.24. The van der Waals surface area contributed by atoms with Crippen molar-refractivity contribution in [1.82, 2.24) is 4.90 Å². The van der Waals surface area contributed by atoms with Gasteiger partial charge in [-0.15, -0.1) is 0 Å². The van der Waals surface area contributed by atoms with Crippen LogP contribution in [0.3, 0.4) is 0 Å². The molecule has 1 atom stereocenters. The first kappa shape index (κ1) is 13.6. The van der Waals surface area contributed by atoms with Gasteiger partial charge in [0.15, 0.2) is 0 Å². The number of hydrogen-bond acceptors (Lipinski definition) is 3. The van der Waals surface area contributed by atoms with E-state index in [1.165, 1.54) is 12.0 Å². The van der Waals surface area contributed by atoms with Crippen LogP contribution in [-0.4, -0.2) is 42.3 Å². The molecule has 0 bridgehead atoms. The minimum absolute atomic E-state index is 0.475. The number of carboxylic acids is 1. The third-order valence-corrected chi connectivity index (χ3v) is 4.35. The second-order valence-electron chi connectivity index (χ2n) is 5.82. The molecule has 2 heterocycles. The molecule has 20 heavy (non-hydrogen) atoms. The van der Waals surface area contributed by atoms with Crippen LogP contribution < -0.4 is 0 Å². The number of ether oxygens (including phenoxy) is 1. The lowest BCUT2D eigenvalue weighted by atomic mass is 9.93.